The van der Waals surface area contributed by atoms with Gasteiger partial charge < -0.3 is 5.11 Å². The summed E-state index contributed by atoms with van der Waals surface area (Å²) in [4.78, 5) is 25.9. The summed E-state index contributed by atoms with van der Waals surface area (Å²) < 4.78 is 0. The number of aliphatic hydroxyl groups excluding tert-OH is 1. The van der Waals surface area contributed by atoms with Crippen LogP contribution in [0.4, 0.5) is 0 Å². The molecule has 0 amide bonds. The van der Waals surface area contributed by atoms with Gasteiger partial charge in [-0.15, -0.1) is 0 Å². The first-order valence-electron chi connectivity index (χ1n) is 13.1. The third-order valence-electron chi connectivity index (χ3n) is 11.1. The molecule has 6 atom stereocenters. The van der Waals surface area contributed by atoms with Gasteiger partial charge in [0.15, 0.2) is 0 Å². The topological polar surface area (TPSA) is 54.4 Å². The van der Waals surface area contributed by atoms with Gasteiger partial charge in [-0.2, -0.15) is 0 Å². The van der Waals surface area contributed by atoms with Gasteiger partial charge in [0.25, 0.3) is 0 Å². The molecule has 0 bridgehead atoms. The third kappa shape index (κ3) is 3.39. The molecule has 4 aliphatic rings. The number of fused-ring (bicyclic) bond motifs is 5. The first kappa shape index (κ1) is 24.6. The Labute approximate surface area is 200 Å². The number of carbonyl (C=O) groups excluding carboxylic acids is 2. The van der Waals surface area contributed by atoms with E-state index in [1.807, 2.05) is 13.0 Å². The smallest absolute Gasteiger partial charge is 0.139 e. The first-order valence-corrected chi connectivity index (χ1v) is 13.1. The third-order valence-corrected chi connectivity index (χ3v) is 11.1. The molecule has 0 radical (unpaired) electrons. The highest BCUT2D eigenvalue weighted by Gasteiger charge is 2.63. The van der Waals surface area contributed by atoms with Crippen molar-refractivity contribution >= 4 is 11.6 Å². The summed E-state index contributed by atoms with van der Waals surface area (Å²) in [5.41, 5.74) is 3.85. The lowest BCUT2D eigenvalue weighted by molar-refractivity contribution is -0.138. The van der Waals surface area contributed by atoms with Gasteiger partial charge in [0, 0.05) is 24.2 Å². The van der Waals surface area contributed by atoms with Crippen molar-refractivity contribution in [3.8, 4) is 0 Å². The summed E-state index contributed by atoms with van der Waals surface area (Å²) in [6.45, 7) is 15.7. The van der Waals surface area contributed by atoms with Crippen molar-refractivity contribution in [2.75, 3.05) is 6.61 Å². The zero-order chi connectivity index (χ0) is 24.4. The van der Waals surface area contributed by atoms with E-state index in [0.717, 1.165) is 37.7 Å². The minimum atomic E-state index is -0.267. The monoisotopic (exact) mass is 452 g/mol. The SMILES string of the molecule is C/C(=C\CC(=O)[C@@H](C)[C@H]1CC[C@@]2(C)C3=CCC4C(C)(C)C(=O)CC[C@]4(C)C3=CC[C@]12C)CO. The fourth-order valence-corrected chi connectivity index (χ4v) is 8.40. The average molecular weight is 453 g/mol. The molecule has 3 nitrogen and oxygen atoms in total. The maximum atomic E-state index is 13.1. The number of Topliss-reactive ketones (excluding diaryl/α,β-unsaturated/α-hetero) is 2. The van der Waals surface area contributed by atoms with Crippen molar-refractivity contribution in [1.82, 2.24) is 0 Å². The number of hydrogen-bond acceptors (Lipinski definition) is 3. The second-order valence-corrected chi connectivity index (χ2v) is 12.9. The van der Waals surface area contributed by atoms with Crippen molar-refractivity contribution < 1.29 is 14.7 Å². The minimum Gasteiger partial charge on any atom is -0.392 e. The van der Waals surface area contributed by atoms with Crippen LogP contribution in [-0.4, -0.2) is 23.3 Å². The molecule has 182 valence electrons. The van der Waals surface area contributed by atoms with Crippen LogP contribution in [0.2, 0.25) is 0 Å². The van der Waals surface area contributed by atoms with E-state index in [1.54, 1.807) is 0 Å². The van der Waals surface area contributed by atoms with Gasteiger partial charge in [0.1, 0.15) is 11.6 Å². The van der Waals surface area contributed by atoms with E-state index < -0.39 is 0 Å². The Morgan fingerprint density at radius 3 is 2.52 bits per heavy atom. The Balaban J connectivity index is 1.66. The Morgan fingerprint density at radius 1 is 1.15 bits per heavy atom. The van der Waals surface area contributed by atoms with Gasteiger partial charge in [-0.3, -0.25) is 9.59 Å². The summed E-state index contributed by atoms with van der Waals surface area (Å²) in [6.07, 6.45) is 13.2. The van der Waals surface area contributed by atoms with Crippen molar-refractivity contribution in [2.24, 2.45) is 39.4 Å². The number of aliphatic hydroxyl groups is 1. The highest BCUT2D eigenvalue weighted by Crippen LogP contribution is 2.71. The molecule has 3 heteroatoms. The summed E-state index contributed by atoms with van der Waals surface area (Å²) in [5.74, 6) is 1.48. The van der Waals surface area contributed by atoms with Crippen LogP contribution in [-0.2, 0) is 9.59 Å². The van der Waals surface area contributed by atoms with E-state index in [2.05, 4.69) is 53.7 Å². The van der Waals surface area contributed by atoms with Crippen molar-refractivity contribution in [3.05, 3.63) is 34.9 Å². The molecule has 4 aliphatic carbocycles. The highest BCUT2D eigenvalue weighted by molar-refractivity contribution is 5.86. The Kier molecular flexibility index (Phi) is 6.00. The fourth-order valence-electron chi connectivity index (χ4n) is 8.40. The quantitative estimate of drug-likeness (QED) is 0.477. The standard InChI is InChI=1S/C30H44O3/c1-19(18-31)8-10-24(32)20(2)21-12-16-30(7)23-9-11-25-27(3,4)26(33)14-15-28(25,5)22(23)13-17-29(21,30)6/h8-9,13,20-21,25,31H,10-12,14-18H2,1-7H3/b19-8+/t20-,21+,25?,28+,29+,30-/m0/s1. The van der Waals surface area contributed by atoms with E-state index in [9.17, 15) is 14.7 Å². The molecule has 0 aromatic carbocycles. The van der Waals surface area contributed by atoms with E-state index in [4.69, 9.17) is 0 Å². The molecule has 4 rings (SSSR count). The van der Waals surface area contributed by atoms with Crippen LogP contribution >= 0.6 is 0 Å². The minimum absolute atomic E-state index is 0.0186. The lowest BCUT2D eigenvalue weighted by atomic mass is 9.44. The summed E-state index contributed by atoms with van der Waals surface area (Å²) in [5, 5.41) is 9.28. The Bertz CT molecular complexity index is 950. The van der Waals surface area contributed by atoms with Gasteiger partial charge in [0.2, 0.25) is 0 Å². The highest BCUT2D eigenvalue weighted by atomic mass is 16.3. The van der Waals surface area contributed by atoms with E-state index in [-0.39, 0.29) is 34.2 Å². The number of allylic oxidation sites excluding steroid dienone is 5. The summed E-state index contributed by atoms with van der Waals surface area (Å²) in [6, 6.07) is 0. The number of carbonyl (C=O) groups is 2. The Morgan fingerprint density at radius 2 is 1.85 bits per heavy atom. The van der Waals surface area contributed by atoms with Crippen LogP contribution in [0, 0.1) is 39.4 Å². The molecule has 0 saturated heterocycles. The molecule has 1 unspecified atom stereocenters. The van der Waals surface area contributed by atoms with Crippen molar-refractivity contribution in [3.63, 3.8) is 0 Å². The van der Waals surface area contributed by atoms with Crippen molar-refractivity contribution in [2.45, 2.75) is 93.4 Å². The van der Waals surface area contributed by atoms with Crippen LogP contribution in [0.3, 0.4) is 0 Å². The molecule has 1 N–H and O–H groups in total. The second kappa shape index (κ2) is 8.04. The molecule has 2 fully saturated rings. The molecule has 0 aliphatic heterocycles. The van der Waals surface area contributed by atoms with Gasteiger partial charge in [0.05, 0.1) is 6.61 Å². The van der Waals surface area contributed by atoms with Crippen LogP contribution in [0.25, 0.3) is 0 Å². The van der Waals surface area contributed by atoms with Gasteiger partial charge in [-0.25, -0.2) is 0 Å². The zero-order valence-corrected chi connectivity index (χ0v) is 21.9. The molecule has 2 saturated carbocycles. The van der Waals surface area contributed by atoms with Crippen LogP contribution in [0.15, 0.2) is 34.9 Å². The number of hydrogen-bond donors (Lipinski definition) is 1. The normalized spacial score (nSPS) is 40.8. The second-order valence-electron chi connectivity index (χ2n) is 12.9. The van der Waals surface area contributed by atoms with Crippen molar-refractivity contribution in [1.29, 1.82) is 0 Å². The molecule has 0 heterocycles. The zero-order valence-electron chi connectivity index (χ0n) is 21.9. The molecule has 0 spiro atoms. The maximum absolute atomic E-state index is 13.1. The van der Waals surface area contributed by atoms with E-state index in [1.165, 1.54) is 11.1 Å². The van der Waals surface area contributed by atoms with Gasteiger partial charge in [-0.05, 0) is 78.3 Å². The first-order chi connectivity index (χ1) is 15.3. The van der Waals surface area contributed by atoms with Crippen LogP contribution in [0.1, 0.15) is 93.4 Å². The fraction of sp³-hybridized carbons (Fsp3) is 0.733. The van der Waals surface area contributed by atoms with Crippen LogP contribution in [0.5, 0.6) is 0 Å². The predicted octanol–water partition coefficient (Wildman–Crippen LogP) is 6.61. The summed E-state index contributed by atoms with van der Waals surface area (Å²) in [7, 11) is 0. The summed E-state index contributed by atoms with van der Waals surface area (Å²) >= 11 is 0. The van der Waals surface area contributed by atoms with Gasteiger partial charge >= 0.3 is 0 Å². The molecule has 0 aromatic heterocycles. The molecule has 33 heavy (non-hydrogen) atoms. The van der Waals surface area contributed by atoms with E-state index >= 15 is 0 Å². The van der Waals surface area contributed by atoms with E-state index in [0.29, 0.717) is 36.2 Å². The maximum Gasteiger partial charge on any atom is 0.139 e. The number of ketones is 2. The van der Waals surface area contributed by atoms with Crippen LogP contribution < -0.4 is 0 Å². The lowest BCUT2D eigenvalue weighted by Crippen LogP contribution is -2.53. The molecule has 0 aromatic rings. The predicted molar refractivity (Wildman–Crippen MR) is 134 cm³/mol. The Hall–Kier alpha value is -1.48. The average Bonchev–Trinajstić information content (AvgIpc) is 3.05. The number of rotatable bonds is 5. The molecular formula is C30H44O3. The van der Waals surface area contributed by atoms with Gasteiger partial charge in [-0.1, -0.05) is 65.3 Å². The largest absolute Gasteiger partial charge is 0.392 e. The lowest BCUT2D eigenvalue weighted by Gasteiger charge is -2.59. The molecular weight excluding hydrogens is 408 g/mol.